The maximum atomic E-state index is 13.6. The van der Waals surface area contributed by atoms with E-state index in [1.54, 1.807) is 6.07 Å². The van der Waals surface area contributed by atoms with E-state index >= 15 is 0 Å². The molecular weight excluding hydrogens is 476 g/mol. The standard InChI is InChI=1S/C32H38N2O4/c1-32(2,3)34-31(38)27-16-10-8-13-22(27)18-25(35)19-24(17-21-11-5-4-6-12-21)30(37)33-29-26-15-9-7-14-23(26)20-28(29)36/h4-16,24-25,28-29,35-36H,17-20H2,1-3H3,(H,33,37)(H,34,38)/t24-,25+,28-,29+/m1/s1. The Balaban J connectivity index is 1.50. The largest absolute Gasteiger partial charge is 0.393 e. The molecule has 0 saturated heterocycles. The van der Waals surface area contributed by atoms with E-state index in [2.05, 4.69) is 10.6 Å². The van der Waals surface area contributed by atoms with Crippen LogP contribution < -0.4 is 10.6 Å². The number of amides is 2. The van der Waals surface area contributed by atoms with E-state index < -0.39 is 24.2 Å². The smallest absolute Gasteiger partial charge is 0.251 e. The van der Waals surface area contributed by atoms with Crippen LogP contribution in [0.4, 0.5) is 0 Å². The van der Waals surface area contributed by atoms with Crippen molar-refractivity contribution in [2.24, 2.45) is 5.92 Å². The van der Waals surface area contributed by atoms with Crippen LogP contribution in [0.1, 0.15) is 65.8 Å². The first-order valence-corrected chi connectivity index (χ1v) is 13.3. The molecular formula is C32H38N2O4. The predicted octanol–water partition coefficient (Wildman–Crippen LogP) is 4.14. The third kappa shape index (κ3) is 7.09. The fraction of sp³-hybridized carbons (Fsp3) is 0.375. The highest BCUT2D eigenvalue weighted by Crippen LogP contribution is 2.32. The molecule has 1 aliphatic carbocycles. The minimum Gasteiger partial charge on any atom is -0.393 e. The van der Waals surface area contributed by atoms with Gasteiger partial charge in [0, 0.05) is 23.4 Å². The molecule has 0 fully saturated rings. The summed E-state index contributed by atoms with van der Waals surface area (Å²) in [7, 11) is 0. The summed E-state index contributed by atoms with van der Waals surface area (Å²) in [6.07, 6.45) is -0.0895. The Morgan fingerprint density at radius 3 is 2.32 bits per heavy atom. The van der Waals surface area contributed by atoms with Crippen LogP contribution in [-0.2, 0) is 24.1 Å². The number of nitrogens with one attached hydrogen (secondary N) is 2. The van der Waals surface area contributed by atoms with Gasteiger partial charge < -0.3 is 20.8 Å². The molecule has 0 aromatic heterocycles. The fourth-order valence-corrected chi connectivity index (χ4v) is 5.19. The molecule has 38 heavy (non-hydrogen) atoms. The molecule has 0 heterocycles. The quantitative estimate of drug-likeness (QED) is 0.345. The van der Waals surface area contributed by atoms with Gasteiger partial charge in [0.25, 0.3) is 5.91 Å². The summed E-state index contributed by atoms with van der Waals surface area (Å²) < 4.78 is 0. The van der Waals surface area contributed by atoms with Crippen LogP contribution in [0.15, 0.2) is 78.9 Å². The summed E-state index contributed by atoms with van der Waals surface area (Å²) in [5.41, 5.74) is 3.85. The molecule has 3 aromatic carbocycles. The van der Waals surface area contributed by atoms with Crippen molar-refractivity contribution >= 4 is 11.8 Å². The monoisotopic (exact) mass is 514 g/mol. The van der Waals surface area contributed by atoms with Crippen molar-refractivity contribution in [3.63, 3.8) is 0 Å². The van der Waals surface area contributed by atoms with Gasteiger partial charge in [-0.05, 0) is 68.4 Å². The van der Waals surface area contributed by atoms with Gasteiger partial charge in [0.1, 0.15) is 0 Å². The van der Waals surface area contributed by atoms with Crippen molar-refractivity contribution in [2.45, 2.75) is 70.2 Å². The molecule has 2 amide bonds. The number of aliphatic hydroxyl groups excluding tert-OH is 2. The minimum atomic E-state index is -0.834. The summed E-state index contributed by atoms with van der Waals surface area (Å²) in [6.45, 7) is 5.78. The van der Waals surface area contributed by atoms with Gasteiger partial charge in [0.2, 0.25) is 5.91 Å². The van der Waals surface area contributed by atoms with E-state index in [-0.39, 0.29) is 30.2 Å². The lowest BCUT2D eigenvalue weighted by Crippen LogP contribution is -2.41. The van der Waals surface area contributed by atoms with Gasteiger partial charge >= 0.3 is 0 Å². The molecule has 6 nitrogen and oxygen atoms in total. The van der Waals surface area contributed by atoms with Gasteiger partial charge in [-0.2, -0.15) is 0 Å². The average molecular weight is 515 g/mol. The van der Waals surface area contributed by atoms with Crippen LogP contribution >= 0.6 is 0 Å². The van der Waals surface area contributed by atoms with Crippen molar-refractivity contribution in [2.75, 3.05) is 0 Å². The summed E-state index contributed by atoms with van der Waals surface area (Å²) >= 11 is 0. The predicted molar refractivity (Wildman–Crippen MR) is 149 cm³/mol. The number of carbonyl (C=O) groups is 2. The van der Waals surface area contributed by atoms with Crippen LogP contribution in [0.3, 0.4) is 0 Å². The Kier molecular flexibility index (Phi) is 8.65. The maximum absolute atomic E-state index is 13.6. The zero-order valence-electron chi connectivity index (χ0n) is 22.4. The van der Waals surface area contributed by atoms with Gasteiger partial charge in [0.15, 0.2) is 0 Å². The molecule has 0 saturated carbocycles. The highest BCUT2D eigenvalue weighted by Gasteiger charge is 2.34. The minimum absolute atomic E-state index is 0.187. The van der Waals surface area contributed by atoms with Crippen LogP contribution in [0.5, 0.6) is 0 Å². The second kappa shape index (κ2) is 11.9. The van der Waals surface area contributed by atoms with Crippen molar-refractivity contribution in [1.82, 2.24) is 10.6 Å². The zero-order chi connectivity index (χ0) is 27.3. The molecule has 200 valence electrons. The summed E-state index contributed by atoms with van der Waals surface area (Å²) in [4.78, 5) is 26.5. The lowest BCUT2D eigenvalue weighted by Gasteiger charge is -2.25. The molecule has 0 unspecified atom stereocenters. The van der Waals surface area contributed by atoms with Gasteiger partial charge in [-0.25, -0.2) is 0 Å². The van der Waals surface area contributed by atoms with Gasteiger partial charge in [-0.3, -0.25) is 9.59 Å². The van der Waals surface area contributed by atoms with E-state index in [4.69, 9.17) is 0 Å². The lowest BCUT2D eigenvalue weighted by molar-refractivity contribution is -0.127. The normalized spacial score (nSPS) is 18.3. The number of carbonyl (C=O) groups excluding carboxylic acids is 2. The zero-order valence-corrected chi connectivity index (χ0v) is 22.4. The maximum Gasteiger partial charge on any atom is 0.251 e. The Morgan fingerprint density at radius 2 is 1.58 bits per heavy atom. The number of benzene rings is 3. The Labute approximate surface area is 225 Å². The van der Waals surface area contributed by atoms with Gasteiger partial charge in [0.05, 0.1) is 18.2 Å². The topological polar surface area (TPSA) is 98.7 Å². The second-order valence-electron chi connectivity index (χ2n) is 11.3. The van der Waals surface area contributed by atoms with Crippen LogP contribution in [0, 0.1) is 5.92 Å². The molecule has 0 spiro atoms. The number of hydrogen-bond donors (Lipinski definition) is 4. The average Bonchev–Trinajstić information content (AvgIpc) is 3.18. The first-order valence-electron chi connectivity index (χ1n) is 13.3. The Morgan fingerprint density at radius 1 is 0.921 bits per heavy atom. The molecule has 0 aliphatic heterocycles. The second-order valence-corrected chi connectivity index (χ2v) is 11.3. The van der Waals surface area contributed by atoms with Crippen LogP contribution in [-0.4, -0.2) is 39.8 Å². The van der Waals surface area contributed by atoms with Gasteiger partial charge in [-0.15, -0.1) is 0 Å². The number of hydrogen-bond acceptors (Lipinski definition) is 4. The molecule has 6 heteroatoms. The number of fused-ring (bicyclic) bond motifs is 1. The number of aliphatic hydroxyl groups is 2. The van der Waals surface area contributed by atoms with Crippen molar-refractivity contribution in [3.05, 3.63) is 107 Å². The molecule has 4 N–H and O–H groups in total. The molecule has 0 bridgehead atoms. The molecule has 4 rings (SSSR count). The fourth-order valence-electron chi connectivity index (χ4n) is 5.19. The summed E-state index contributed by atoms with van der Waals surface area (Å²) in [5, 5.41) is 27.9. The van der Waals surface area contributed by atoms with E-state index in [0.29, 0.717) is 18.4 Å². The van der Waals surface area contributed by atoms with Crippen molar-refractivity contribution < 1.29 is 19.8 Å². The lowest BCUT2D eigenvalue weighted by atomic mass is 9.89. The van der Waals surface area contributed by atoms with E-state index in [1.165, 1.54) is 0 Å². The highest BCUT2D eigenvalue weighted by atomic mass is 16.3. The Hall–Kier alpha value is -3.48. The molecule has 0 radical (unpaired) electrons. The summed E-state index contributed by atoms with van der Waals surface area (Å²) in [6, 6.07) is 24.3. The van der Waals surface area contributed by atoms with Crippen molar-refractivity contribution in [1.29, 1.82) is 0 Å². The molecule has 1 aliphatic rings. The van der Waals surface area contributed by atoms with E-state index in [0.717, 1.165) is 22.3 Å². The third-order valence-electron chi connectivity index (χ3n) is 6.96. The van der Waals surface area contributed by atoms with Crippen molar-refractivity contribution in [3.8, 4) is 0 Å². The molecule has 4 atom stereocenters. The first-order chi connectivity index (χ1) is 18.1. The van der Waals surface area contributed by atoms with E-state index in [9.17, 15) is 19.8 Å². The summed E-state index contributed by atoms with van der Waals surface area (Å²) in [5.74, 6) is -0.900. The SMILES string of the molecule is CC(C)(C)NC(=O)c1ccccc1C[C@H](O)C[C@@H](Cc1ccccc1)C(=O)N[C@H]1c2ccccc2C[C@H]1O. The number of rotatable bonds is 9. The van der Waals surface area contributed by atoms with Gasteiger partial charge in [-0.1, -0.05) is 72.8 Å². The Bertz CT molecular complexity index is 1250. The van der Waals surface area contributed by atoms with Crippen LogP contribution in [0.2, 0.25) is 0 Å². The third-order valence-corrected chi connectivity index (χ3v) is 6.96. The molecule has 3 aromatic rings. The van der Waals surface area contributed by atoms with E-state index in [1.807, 2.05) is 93.6 Å². The highest BCUT2D eigenvalue weighted by molar-refractivity contribution is 5.96. The van der Waals surface area contributed by atoms with Crippen LogP contribution in [0.25, 0.3) is 0 Å². The first kappa shape index (κ1) is 27.6.